The molecule has 0 spiro atoms. The molecule has 5 nitrogen and oxygen atoms in total. The van der Waals surface area contributed by atoms with Gasteiger partial charge in [0.05, 0.1) is 12.3 Å². The Morgan fingerprint density at radius 1 is 1.03 bits per heavy atom. The summed E-state index contributed by atoms with van der Waals surface area (Å²) in [6, 6.07) is 21.7. The summed E-state index contributed by atoms with van der Waals surface area (Å²) < 4.78 is 11.7. The molecule has 0 bridgehead atoms. The number of aliphatic hydroxyl groups is 1. The summed E-state index contributed by atoms with van der Waals surface area (Å²) in [6.45, 7) is 0.957. The van der Waals surface area contributed by atoms with Crippen LogP contribution in [0.25, 0.3) is 0 Å². The van der Waals surface area contributed by atoms with Crippen molar-refractivity contribution in [3.63, 3.8) is 0 Å². The number of para-hydroxylation sites is 3. The molecule has 166 valence electrons. The summed E-state index contributed by atoms with van der Waals surface area (Å²) >= 11 is 1.59. The minimum atomic E-state index is -0.0816. The van der Waals surface area contributed by atoms with E-state index in [0.717, 1.165) is 38.8 Å². The Morgan fingerprint density at radius 2 is 1.72 bits per heavy atom. The van der Waals surface area contributed by atoms with E-state index in [2.05, 4.69) is 5.32 Å². The van der Waals surface area contributed by atoms with E-state index in [4.69, 9.17) is 14.6 Å². The molecular formula is C26H27NO4S. The third-order valence-electron chi connectivity index (χ3n) is 5.50. The van der Waals surface area contributed by atoms with Gasteiger partial charge in [-0.15, -0.1) is 11.8 Å². The molecule has 0 atom stereocenters. The molecule has 0 fully saturated rings. The van der Waals surface area contributed by atoms with Crippen molar-refractivity contribution in [2.24, 2.45) is 0 Å². The number of hydrogen-bond acceptors (Lipinski definition) is 5. The molecule has 6 heteroatoms. The van der Waals surface area contributed by atoms with Gasteiger partial charge >= 0.3 is 0 Å². The Hall–Kier alpha value is -2.80. The zero-order valence-corrected chi connectivity index (χ0v) is 18.9. The van der Waals surface area contributed by atoms with E-state index in [9.17, 15) is 4.79 Å². The van der Waals surface area contributed by atoms with Gasteiger partial charge in [-0.05, 0) is 30.9 Å². The van der Waals surface area contributed by atoms with E-state index in [1.165, 1.54) is 0 Å². The lowest BCUT2D eigenvalue weighted by Gasteiger charge is -2.28. The van der Waals surface area contributed by atoms with Crippen molar-refractivity contribution in [2.45, 2.75) is 30.3 Å². The SMILES string of the molecule is CSc1cccc(COCCCO)c1NC(=O)CC1c2ccccc2Oc2ccccc21. The summed E-state index contributed by atoms with van der Waals surface area (Å²) in [7, 11) is 0. The lowest BCUT2D eigenvalue weighted by atomic mass is 9.85. The van der Waals surface area contributed by atoms with Crippen molar-refractivity contribution in [3.8, 4) is 11.5 Å². The molecule has 0 radical (unpaired) electrons. The summed E-state index contributed by atoms with van der Waals surface area (Å²) in [6.07, 6.45) is 2.89. The number of carbonyl (C=O) groups excluding carboxylic acids is 1. The zero-order valence-electron chi connectivity index (χ0n) is 18.0. The fourth-order valence-corrected chi connectivity index (χ4v) is 4.56. The van der Waals surface area contributed by atoms with Crippen LogP contribution in [-0.2, 0) is 16.1 Å². The van der Waals surface area contributed by atoms with Crippen LogP contribution >= 0.6 is 11.8 Å². The van der Waals surface area contributed by atoms with E-state index in [1.807, 2.05) is 73.0 Å². The number of amides is 1. The van der Waals surface area contributed by atoms with E-state index in [0.29, 0.717) is 26.1 Å². The van der Waals surface area contributed by atoms with Crippen LogP contribution in [0.2, 0.25) is 0 Å². The smallest absolute Gasteiger partial charge is 0.225 e. The number of carbonyl (C=O) groups is 1. The molecule has 1 heterocycles. The lowest BCUT2D eigenvalue weighted by Crippen LogP contribution is -2.20. The van der Waals surface area contributed by atoms with Gasteiger partial charge in [0.25, 0.3) is 0 Å². The Kier molecular flexibility index (Phi) is 7.47. The summed E-state index contributed by atoms with van der Waals surface area (Å²) in [5.41, 5.74) is 3.76. The summed E-state index contributed by atoms with van der Waals surface area (Å²) in [5.74, 6) is 1.46. The fraction of sp³-hybridized carbons (Fsp3) is 0.269. The normalized spacial score (nSPS) is 12.6. The van der Waals surface area contributed by atoms with Crippen molar-refractivity contribution in [1.29, 1.82) is 0 Å². The van der Waals surface area contributed by atoms with Crippen molar-refractivity contribution < 1.29 is 19.4 Å². The minimum Gasteiger partial charge on any atom is -0.457 e. The van der Waals surface area contributed by atoms with Gasteiger partial charge in [-0.25, -0.2) is 0 Å². The van der Waals surface area contributed by atoms with Gasteiger partial charge < -0.3 is 19.9 Å². The number of hydrogen-bond donors (Lipinski definition) is 2. The van der Waals surface area contributed by atoms with Crippen LogP contribution in [0.4, 0.5) is 5.69 Å². The highest BCUT2D eigenvalue weighted by atomic mass is 32.2. The van der Waals surface area contributed by atoms with Crippen molar-refractivity contribution >= 4 is 23.4 Å². The second kappa shape index (κ2) is 10.7. The van der Waals surface area contributed by atoms with Crippen LogP contribution in [0.1, 0.15) is 35.4 Å². The molecule has 1 amide bonds. The van der Waals surface area contributed by atoms with Crippen LogP contribution in [0.5, 0.6) is 11.5 Å². The van der Waals surface area contributed by atoms with Crippen LogP contribution in [-0.4, -0.2) is 30.5 Å². The molecule has 3 aromatic carbocycles. The Bertz CT molecular complexity index is 1040. The highest BCUT2D eigenvalue weighted by Gasteiger charge is 2.29. The minimum absolute atomic E-state index is 0.0559. The van der Waals surface area contributed by atoms with E-state index in [-0.39, 0.29) is 18.4 Å². The van der Waals surface area contributed by atoms with Crippen molar-refractivity contribution in [2.75, 3.05) is 24.8 Å². The summed E-state index contributed by atoms with van der Waals surface area (Å²) in [5, 5.41) is 12.1. The molecule has 0 saturated carbocycles. The average Bonchev–Trinajstić information content (AvgIpc) is 2.82. The second-order valence-corrected chi connectivity index (χ2v) is 8.45. The molecule has 1 aliphatic rings. The quantitative estimate of drug-likeness (QED) is 0.330. The molecule has 3 aromatic rings. The molecule has 4 rings (SSSR count). The number of rotatable bonds is 9. The molecule has 32 heavy (non-hydrogen) atoms. The van der Waals surface area contributed by atoms with Gasteiger partial charge in [-0.1, -0.05) is 48.5 Å². The third-order valence-corrected chi connectivity index (χ3v) is 6.28. The van der Waals surface area contributed by atoms with E-state index in [1.54, 1.807) is 11.8 Å². The zero-order chi connectivity index (χ0) is 22.3. The second-order valence-electron chi connectivity index (χ2n) is 7.61. The summed E-state index contributed by atoms with van der Waals surface area (Å²) in [4.78, 5) is 14.3. The van der Waals surface area contributed by atoms with Crippen molar-refractivity contribution in [3.05, 3.63) is 83.4 Å². The highest BCUT2D eigenvalue weighted by Crippen LogP contribution is 2.45. The highest BCUT2D eigenvalue weighted by molar-refractivity contribution is 7.98. The topological polar surface area (TPSA) is 67.8 Å². The van der Waals surface area contributed by atoms with Gasteiger partial charge in [0.2, 0.25) is 5.91 Å². The average molecular weight is 450 g/mol. The van der Waals surface area contributed by atoms with Crippen LogP contribution < -0.4 is 10.1 Å². The van der Waals surface area contributed by atoms with Crippen molar-refractivity contribution in [1.82, 2.24) is 0 Å². The standard InChI is InChI=1S/C26H27NO4S/c1-32-24-13-6-8-18(17-30-15-7-14-28)26(24)27-25(29)16-21-19-9-2-4-11-22(19)31-23-12-5-3-10-20(21)23/h2-6,8-13,21,28H,7,14-17H2,1H3,(H,27,29). The largest absolute Gasteiger partial charge is 0.457 e. The number of thioether (sulfide) groups is 1. The van der Waals surface area contributed by atoms with Crippen LogP contribution in [0.15, 0.2) is 71.6 Å². The Balaban J connectivity index is 1.56. The predicted octanol–water partition coefficient (Wildman–Crippen LogP) is 5.57. The van der Waals surface area contributed by atoms with E-state index < -0.39 is 0 Å². The monoisotopic (exact) mass is 449 g/mol. The molecule has 0 aliphatic carbocycles. The number of anilines is 1. The van der Waals surface area contributed by atoms with Gasteiger partial charge in [-0.2, -0.15) is 0 Å². The molecule has 0 aromatic heterocycles. The predicted molar refractivity (Wildman–Crippen MR) is 128 cm³/mol. The van der Waals surface area contributed by atoms with Gasteiger partial charge in [-0.3, -0.25) is 4.79 Å². The first-order valence-corrected chi connectivity index (χ1v) is 11.9. The Labute approximate surface area is 192 Å². The van der Waals surface area contributed by atoms with E-state index >= 15 is 0 Å². The maximum Gasteiger partial charge on any atom is 0.225 e. The van der Waals surface area contributed by atoms with Crippen LogP contribution in [0.3, 0.4) is 0 Å². The first-order chi connectivity index (χ1) is 15.7. The fourth-order valence-electron chi connectivity index (χ4n) is 3.96. The molecule has 1 aliphatic heterocycles. The number of ether oxygens (including phenoxy) is 2. The third kappa shape index (κ3) is 4.99. The molecule has 0 saturated heterocycles. The maximum atomic E-state index is 13.3. The lowest BCUT2D eigenvalue weighted by molar-refractivity contribution is -0.116. The molecular weight excluding hydrogens is 422 g/mol. The Morgan fingerprint density at radius 3 is 2.38 bits per heavy atom. The van der Waals surface area contributed by atoms with Gasteiger partial charge in [0, 0.05) is 47.1 Å². The number of nitrogens with one attached hydrogen (secondary N) is 1. The molecule has 2 N–H and O–H groups in total. The first-order valence-electron chi connectivity index (χ1n) is 10.7. The molecule has 0 unspecified atom stereocenters. The number of fused-ring (bicyclic) bond motifs is 2. The first kappa shape index (κ1) is 22.4. The van der Waals surface area contributed by atoms with Gasteiger partial charge in [0.15, 0.2) is 0 Å². The number of benzene rings is 3. The van der Waals surface area contributed by atoms with Crippen LogP contribution in [0, 0.1) is 0 Å². The number of aliphatic hydroxyl groups excluding tert-OH is 1. The van der Waals surface area contributed by atoms with Gasteiger partial charge in [0.1, 0.15) is 11.5 Å². The maximum absolute atomic E-state index is 13.3.